The highest BCUT2D eigenvalue weighted by atomic mass is 16.5. The molecule has 2 rings (SSSR count). The monoisotopic (exact) mass is 326 g/mol. The predicted molar refractivity (Wildman–Crippen MR) is 100 cm³/mol. The third-order valence-corrected chi connectivity index (χ3v) is 3.98. The van der Waals surface area contributed by atoms with Crippen LogP contribution in [-0.4, -0.2) is 25.6 Å². The molecule has 0 atom stereocenters. The molecule has 2 aromatic carbocycles. The van der Waals surface area contributed by atoms with Gasteiger partial charge in [-0.05, 0) is 69.2 Å². The van der Waals surface area contributed by atoms with Crippen LogP contribution in [0.3, 0.4) is 0 Å². The highest BCUT2D eigenvalue weighted by molar-refractivity contribution is 5.92. The summed E-state index contributed by atoms with van der Waals surface area (Å²) in [4.78, 5) is 14.3. The molecule has 4 heteroatoms. The van der Waals surface area contributed by atoms with Crippen LogP contribution in [0.1, 0.15) is 25.0 Å². The van der Waals surface area contributed by atoms with E-state index in [1.165, 1.54) is 0 Å². The molecule has 1 N–H and O–H groups in total. The maximum atomic E-state index is 12.1. The zero-order valence-electron chi connectivity index (χ0n) is 14.9. The quantitative estimate of drug-likeness (QED) is 0.830. The van der Waals surface area contributed by atoms with Gasteiger partial charge < -0.3 is 15.0 Å². The summed E-state index contributed by atoms with van der Waals surface area (Å²) in [7, 11) is 0. The summed E-state index contributed by atoms with van der Waals surface area (Å²) in [6.45, 7) is 10.2. The van der Waals surface area contributed by atoms with Crippen LogP contribution in [0.4, 0.5) is 11.4 Å². The maximum absolute atomic E-state index is 12.1. The van der Waals surface area contributed by atoms with E-state index in [1.54, 1.807) is 0 Å². The Morgan fingerprint density at radius 2 is 1.71 bits per heavy atom. The molecule has 24 heavy (non-hydrogen) atoms. The highest BCUT2D eigenvalue weighted by Gasteiger charge is 2.07. The molecule has 0 aliphatic heterocycles. The first-order valence-corrected chi connectivity index (χ1v) is 8.38. The summed E-state index contributed by atoms with van der Waals surface area (Å²) < 4.78 is 5.63. The summed E-state index contributed by atoms with van der Waals surface area (Å²) in [5.74, 6) is 0.591. The second-order valence-electron chi connectivity index (χ2n) is 5.82. The number of hydrogen-bond donors (Lipinski definition) is 1. The van der Waals surface area contributed by atoms with Gasteiger partial charge in [-0.25, -0.2) is 0 Å². The van der Waals surface area contributed by atoms with E-state index in [0.29, 0.717) is 0 Å². The van der Waals surface area contributed by atoms with Gasteiger partial charge in [0.2, 0.25) is 0 Å². The van der Waals surface area contributed by atoms with Crippen molar-refractivity contribution in [2.24, 2.45) is 0 Å². The molecule has 0 fully saturated rings. The molecule has 128 valence electrons. The fourth-order valence-electron chi connectivity index (χ4n) is 2.55. The Balaban J connectivity index is 1.91. The Morgan fingerprint density at radius 1 is 1.04 bits per heavy atom. The summed E-state index contributed by atoms with van der Waals surface area (Å²) >= 11 is 0. The van der Waals surface area contributed by atoms with Gasteiger partial charge in [-0.1, -0.05) is 12.1 Å². The molecule has 0 aromatic heterocycles. The van der Waals surface area contributed by atoms with E-state index < -0.39 is 0 Å². The van der Waals surface area contributed by atoms with E-state index in [9.17, 15) is 4.79 Å². The number of amides is 1. The fraction of sp³-hybridized carbons (Fsp3) is 0.350. The number of nitrogens with zero attached hydrogens (tertiary/aromatic N) is 1. The number of ether oxygens (including phenoxy) is 1. The minimum atomic E-state index is -0.161. The lowest BCUT2D eigenvalue weighted by Gasteiger charge is -2.21. The average Bonchev–Trinajstić information content (AvgIpc) is 2.58. The van der Waals surface area contributed by atoms with Crippen molar-refractivity contribution in [3.05, 3.63) is 53.6 Å². The number of carbonyl (C=O) groups excluding carboxylic acids is 1. The van der Waals surface area contributed by atoms with Crippen molar-refractivity contribution >= 4 is 17.3 Å². The van der Waals surface area contributed by atoms with Gasteiger partial charge in [0, 0.05) is 24.5 Å². The number of aryl methyl sites for hydroxylation is 2. The molecule has 0 aliphatic carbocycles. The molecule has 1 amide bonds. The minimum absolute atomic E-state index is 0.00207. The van der Waals surface area contributed by atoms with Crippen molar-refractivity contribution in [1.82, 2.24) is 0 Å². The zero-order valence-corrected chi connectivity index (χ0v) is 14.9. The van der Waals surface area contributed by atoms with Crippen LogP contribution in [0.25, 0.3) is 0 Å². The Bertz CT molecular complexity index is 677. The van der Waals surface area contributed by atoms with Crippen molar-refractivity contribution in [3.63, 3.8) is 0 Å². The molecule has 0 saturated carbocycles. The van der Waals surface area contributed by atoms with Gasteiger partial charge in [0.15, 0.2) is 6.61 Å². The van der Waals surface area contributed by atoms with E-state index in [2.05, 4.69) is 24.1 Å². The van der Waals surface area contributed by atoms with E-state index in [1.807, 2.05) is 56.3 Å². The molecule has 0 aliphatic rings. The third-order valence-electron chi connectivity index (χ3n) is 3.98. The van der Waals surface area contributed by atoms with Crippen LogP contribution in [0.2, 0.25) is 0 Å². The lowest BCUT2D eigenvalue weighted by Crippen LogP contribution is -2.22. The molecule has 0 radical (unpaired) electrons. The SMILES string of the molecule is CCN(CC)c1ccc(NC(=O)COc2cc(C)ccc2C)cc1. The third kappa shape index (κ3) is 4.75. The van der Waals surface area contributed by atoms with Gasteiger partial charge in [0.1, 0.15) is 5.75 Å². The lowest BCUT2D eigenvalue weighted by molar-refractivity contribution is -0.118. The maximum Gasteiger partial charge on any atom is 0.262 e. The zero-order chi connectivity index (χ0) is 17.5. The standard InChI is InChI=1S/C20H26N2O2/c1-5-22(6-2)18-11-9-17(10-12-18)21-20(23)14-24-19-13-15(3)7-8-16(19)4/h7-13H,5-6,14H2,1-4H3,(H,21,23). The number of rotatable bonds is 7. The van der Waals surface area contributed by atoms with Crippen LogP contribution in [0, 0.1) is 13.8 Å². The smallest absolute Gasteiger partial charge is 0.262 e. The second kappa shape index (κ2) is 8.39. The fourth-order valence-corrected chi connectivity index (χ4v) is 2.55. The summed E-state index contributed by atoms with van der Waals surface area (Å²) in [6, 6.07) is 13.9. The summed E-state index contributed by atoms with van der Waals surface area (Å²) in [6.07, 6.45) is 0. The van der Waals surface area contributed by atoms with Gasteiger partial charge in [-0.15, -0.1) is 0 Å². The highest BCUT2D eigenvalue weighted by Crippen LogP contribution is 2.20. The average molecular weight is 326 g/mol. The van der Waals surface area contributed by atoms with Gasteiger partial charge >= 0.3 is 0 Å². The molecule has 0 heterocycles. The van der Waals surface area contributed by atoms with Crippen molar-refractivity contribution in [3.8, 4) is 5.75 Å². The summed E-state index contributed by atoms with van der Waals surface area (Å²) in [5, 5.41) is 2.87. The molecular weight excluding hydrogens is 300 g/mol. The topological polar surface area (TPSA) is 41.6 Å². The molecule has 0 saturated heterocycles. The van der Waals surface area contributed by atoms with Crippen molar-refractivity contribution in [1.29, 1.82) is 0 Å². The van der Waals surface area contributed by atoms with Crippen molar-refractivity contribution in [2.45, 2.75) is 27.7 Å². The molecule has 0 unspecified atom stereocenters. The number of nitrogens with one attached hydrogen (secondary N) is 1. The van der Waals surface area contributed by atoms with E-state index in [4.69, 9.17) is 4.74 Å². The first-order chi connectivity index (χ1) is 11.5. The van der Waals surface area contributed by atoms with Gasteiger partial charge in [0.05, 0.1) is 0 Å². The minimum Gasteiger partial charge on any atom is -0.483 e. The van der Waals surface area contributed by atoms with Crippen LogP contribution in [0.15, 0.2) is 42.5 Å². The Labute approximate surface area is 144 Å². The van der Waals surface area contributed by atoms with Gasteiger partial charge in [-0.3, -0.25) is 4.79 Å². The Morgan fingerprint density at radius 3 is 2.33 bits per heavy atom. The van der Waals surface area contributed by atoms with Gasteiger partial charge in [0.25, 0.3) is 5.91 Å². The van der Waals surface area contributed by atoms with Crippen LogP contribution >= 0.6 is 0 Å². The van der Waals surface area contributed by atoms with Crippen molar-refractivity contribution < 1.29 is 9.53 Å². The lowest BCUT2D eigenvalue weighted by atomic mass is 10.1. The summed E-state index contributed by atoms with van der Waals surface area (Å²) in [5.41, 5.74) is 4.07. The Kier molecular flexibility index (Phi) is 6.24. The van der Waals surface area contributed by atoms with Gasteiger partial charge in [-0.2, -0.15) is 0 Å². The van der Waals surface area contributed by atoms with Crippen LogP contribution in [0.5, 0.6) is 5.75 Å². The van der Waals surface area contributed by atoms with E-state index in [-0.39, 0.29) is 12.5 Å². The molecule has 4 nitrogen and oxygen atoms in total. The molecule has 0 bridgehead atoms. The molecule has 0 spiro atoms. The van der Waals surface area contributed by atoms with Crippen molar-refractivity contribution in [2.75, 3.05) is 29.9 Å². The van der Waals surface area contributed by atoms with Crippen LogP contribution in [-0.2, 0) is 4.79 Å². The number of hydrogen-bond acceptors (Lipinski definition) is 3. The van der Waals surface area contributed by atoms with E-state index >= 15 is 0 Å². The normalized spacial score (nSPS) is 10.3. The molecule has 2 aromatic rings. The predicted octanol–water partition coefficient (Wildman–Crippen LogP) is 4.17. The first-order valence-electron chi connectivity index (χ1n) is 8.38. The first kappa shape index (κ1) is 17.9. The number of carbonyl (C=O) groups is 1. The van der Waals surface area contributed by atoms with E-state index in [0.717, 1.165) is 41.3 Å². The molecular formula is C20H26N2O2. The Hall–Kier alpha value is -2.49. The second-order valence-corrected chi connectivity index (χ2v) is 5.82. The largest absolute Gasteiger partial charge is 0.483 e. The van der Waals surface area contributed by atoms with Crippen LogP contribution < -0.4 is 15.0 Å². The number of benzene rings is 2. The number of anilines is 2.